The second kappa shape index (κ2) is 13.3. The minimum atomic E-state index is -0.690. The number of aromatic hydroxyl groups is 1. The molecule has 4 aromatic rings. The third kappa shape index (κ3) is 6.23. The molecule has 0 radical (unpaired) electrons. The van der Waals surface area contributed by atoms with Gasteiger partial charge in [-0.15, -0.1) is 0 Å². The number of hydroxylamine groups is 1. The summed E-state index contributed by atoms with van der Waals surface area (Å²) in [5.74, 6) is -0.212. The number of nitrogens with one attached hydrogen (secondary N) is 2. The molecule has 3 atom stereocenters. The lowest BCUT2D eigenvalue weighted by atomic mass is 9.91. The van der Waals surface area contributed by atoms with Crippen LogP contribution in [0.1, 0.15) is 35.1 Å². The van der Waals surface area contributed by atoms with Crippen LogP contribution in [-0.4, -0.2) is 46.9 Å². The molecule has 47 heavy (non-hydrogen) atoms. The van der Waals surface area contributed by atoms with E-state index in [1.165, 1.54) is 31.4 Å². The Morgan fingerprint density at radius 2 is 1.89 bits per heavy atom. The smallest absolute Gasteiger partial charge is 0.267 e. The van der Waals surface area contributed by atoms with Gasteiger partial charge < -0.3 is 20.1 Å². The van der Waals surface area contributed by atoms with Crippen LogP contribution in [0, 0.1) is 34.4 Å². The van der Waals surface area contributed by atoms with Gasteiger partial charge in [-0.1, -0.05) is 36.4 Å². The summed E-state index contributed by atoms with van der Waals surface area (Å²) in [5, 5.41) is 42.7. The predicted molar refractivity (Wildman–Crippen MR) is 173 cm³/mol. The van der Waals surface area contributed by atoms with Crippen molar-refractivity contribution in [2.24, 2.45) is 5.92 Å². The Bertz CT molecular complexity index is 1950. The number of benzene rings is 3. The lowest BCUT2D eigenvalue weighted by Gasteiger charge is -2.34. The number of nitriles is 2. The molecule has 236 valence electrons. The number of methoxy groups -OCH3 is 1. The summed E-state index contributed by atoms with van der Waals surface area (Å²) in [6.07, 6.45) is 6.33. The second-order valence-electron chi connectivity index (χ2n) is 11.6. The van der Waals surface area contributed by atoms with Crippen LogP contribution in [0.25, 0.3) is 28.3 Å². The van der Waals surface area contributed by atoms with Crippen molar-refractivity contribution in [3.8, 4) is 45.9 Å². The molecule has 0 spiro atoms. The summed E-state index contributed by atoms with van der Waals surface area (Å²) in [7, 11) is 1.45. The van der Waals surface area contributed by atoms with Crippen molar-refractivity contribution in [1.29, 1.82) is 10.5 Å². The first kappa shape index (κ1) is 31.2. The Labute approximate surface area is 270 Å². The van der Waals surface area contributed by atoms with Gasteiger partial charge in [0.2, 0.25) is 0 Å². The number of nitrogens with zero attached hydrogens (tertiary/aromatic N) is 4. The van der Waals surface area contributed by atoms with Gasteiger partial charge in [0.1, 0.15) is 29.3 Å². The van der Waals surface area contributed by atoms with E-state index >= 15 is 0 Å². The van der Waals surface area contributed by atoms with E-state index in [2.05, 4.69) is 16.3 Å². The van der Waals surface area contributed by atoms with Gasteiger partial charge in [0.25, 0.3) is 5.91 Å². The highest BCUT2D eigenvalue weighted by Crippen LogP contribution is 2.45. The highest BCUT2D eigenvalue weighted by Gasteiger charge is 2.45. The van der Waals surface area contributed by atoms with Crippen LogP contribution in [0.2, 0.25) is 0 Å². The second-order valence-corrected chi connectivity index (χ2v) is 11.6. The van der Waals surface area contributed by atoms with Gasteiger partial charge in [0.05, 0.1) is 12.7 Å². The van der Waals surface area contributed by atoms with Crippen LogP contribution >= 0.6 is 0 Å². The largest absolute Gasteiger partial charge is 0.504 e. The summed E-state index contributed by atoms with van der Waals surface area (Å²) >= 11 is 0. The highest BCUT2D eigenvalue weighted by atomic mass is 19.1. The number of halogens is 1. The van der Waals surface area contributed by atoms with E-state index < -0.39 is 11.7 Å². The van der Waals surface area contributed by atoms with E-state index in [0.717, 1.165) is 24.0 Å². The van der Waals surface area contributed by atoms with E-state index in [4.69, 9.17) is 14.9 Å². The fourth-order valence-electron chi connectivity index (χ4n) is 6.63. The SMILES string of the molecule is COc1ccc(-c2cnc(N3CC4CC3CC4NCc3ccc(/C=C/C(=O)NO)cc3)c(C#N)c2-c2ccc(C#N)c(F)c2)cc1O. The van der Waals surface area contributed by atoms with Crippen LogP contribution in [-0.2, 0) is 11.3 Å². The van der Waals surface area contributed by atoms with Gasteiger partial charge in [0.15, 0.2) is 11.5 Å². The molecule has 10 nitrogen and oxygen atoms in total. The highest BCUT2D eigenvalue weighted by molar-refractivity contribution is 5.91. The molecule has 6 rings (SSSR count). The molecular weight excluding hydrogens is 599 g/mol. The molecule has 1 aliphatic heterocycles. The van der Waals surface area contributed by atoms with Gasteiger partial charge in [-0.05, 0) is 71.4 Å². The molecule has 1 saturated heterocycles. The Kier molecular flexibility index (Phi) is 8.85. The Hall–Kier alpha value is -5.75. The molecule has 1 aliphatic carbocycles. The number of hydrogen-bond donors (Lipinski definition) is 4. The maximum absolute atomic E-state index is 14.9. The number of phenolic OH excluding ortho intramolecular Hbond substituents is 1. The first-order chi connectivity index (χ1) is 22.8. The number of aromatic nitrogens is 1. The van der Waals surface area contributed by atoms with Gasteiger partial charge in [-0.25, -0.2) is 14.9 Å². The molecule has 1 amide bonds. The minimum absolute atomic E-state index is 0.0835. The fourth-order valence-corrected chi connectivity index (χ4v) is 6.63. The zero-order valence-electron chi connectivity index (χ0n) is 25.4. The standard InChI is InChI=1S/C36H31FN6O4/c1-47-33-10-9-23(14-32(33)44)29-19-41-36(28(17-39)35(29)24-7-8-25(16-38)30(37)13-24)43-20-26-12-27(43)15-31(26)40-18-22-4-2-21(3-5-22)6-11-34(45)42-46/h2-11,13-14,19,26-27,31,40,44,46H,12,15,18,20H2,1H3,(H,42,45)/b11-6+. The van der Waals surface area contributed by atoms with Gasteiger partial charge in [0, 0.05) is 48.6 Å². The predicted octanol–water partition coefficient (Wildman–Crippen LogP) is 5.29. The number of phenols is 1. The molecule has 3 unspecified atom stereocenters. The molecular formula is C36H31FN6O4. The lowest BCUT2D eigenvalue weighted by Crippen LogP contribution is -2.44. The van der Waals surface area contributed by atoms with Gasteiger partial charge in [-0.3, -0.25) is 10.0 Å². The Morgan fingerprint density at radius 3 is 2.53 bits per heavy atom. The van der Waals surface area contributed by atoms with E-state index in [1.54, 1.807) is 36.0 Å². The lowest BCUT2D eigenvalue weighted by molar-refractivity contribution is -0.124. The number of carbonyl (C=O) groups is 1. The number of fused-ring (bicyclic) bond motifs is 2. The summed E-state index contributed by atoms with van der Waals surface area (Å²) in [6.45, 7) is 1.37. The van der Waals surface area contributed by atoms with Crippen molar-refractivity contribution in [1.82, 2.24) is 15.8 Å². The summed E-state index contributed by atoms with van der Waals surface area (Å²) in [5.41, 5.74) is 5.71. The third-order valence-corrected chi connectivity index (χ3v) is 8.94. The third-order valence-electron chi connectivity index (χ3n) is 8.94. The van der Waals surface area contributed by atoms with Crippen LogP contribution in [0.5, 0.6) is 11.5 Å². The number of ether oxygens (including phenoxy) is 1. The topological polar surface area (TPSA) is 155 Å². The molecule has 1 aromatic heterocycles. The number of rotatable bonds is 9. The molecule has 11 heteroatoms. The maximum Gasteiger partial charge on any atom is 0.267 e. The number of carbonyl (C=O) groups excluding carboxylic acids is 1. The van der Waals surface area contributed by atoms with Gasteiger partial charge >= 0.3 is 0 Å². The molecule has 2 bridgehead atoms. The maximum atomic E-state index is 14.9. The number of hydrogen-bond acceptors (Lipinski definition) is 9. The van der Waals surface area contributed by atoms with Crippen molar-refractivity contribution in [3.63, 3.8) is 0 Å². The van der Waals surface area contributed by atoms with Crippen molar-refractivity contribution < 1.29 is 24.2 Å². The molecule has 2 heterocycles. The van der Waals surface area contributed by atoms with Crippen LogP contribution in [0.3, 0.4) is 0 Å². The summed E-state index contributed by atoms with van der Waals surface area (Å²) in [4.78, 5) is 18.2. The first-order valence-electron chi connectivity index (χ1n) is 15.0. The van der Waals surface area contributed by atoms with Crippen LogP contribution in [0.15, 0.2) is 72.9 Å². The number of pyridine rings is 1. The van der Waals surface area contributed by atoms with Crippen LogP contribution in [0.4, 0.5) is 10.2 Å². The Balaban J connectivity index is 1.25. The molecule has 2 fully saturated rings. The van der Waals surface area contributed by atoms with Crippen molar-refractivity contribution in [3.05, 3.63) is 101 Å². The molecule has 4 N–H and O–H groups in total. The monoisotopic (exact) mass is 630 g/mol. The Morgan fingerprint density at radius 1 is 1.11 bits per heavy atom. The van der Waals surface area contributed by atoms with Crippen molar-refractivity contribution >= 4 is 17.8 Å². The quantitative estimate of drug-likeness (QED) is 0.110. The number of anilines is 1. The zero-order chi connectivity index (χ0) is 33.1. The zero-order valence-corrected chi connectivity index (χ0v) is 25.4. The van der Waals surface area contributed by atoms with Crippen LogP contribution < -0.4 is 20.4 Å². The molecule has 3 aromatic carbocycles. The fraction of sp³-hybridized carbons (Fsp3) is 0.222. The van der Waals surface area contributed by atoms with E-state index in [0.29, 0.717) is 58.4 Å². The van der Waals surface area contributed by atoms with Crippen molar-refractivity contribution in [2.45, 2.75) is 31.5 Å². The van der Waals surface area contributed by atoms with E-state index in [9.17, 15) is 24.8 Å². The summed E-state index contributed by atoms with van der Waals surface area (Å²) in [6, 6.07) is 21.6. The normalized spacial score (nSPS) is 18.2. The van der Waals surface area contributed by atoms with E-state index in [-0.39, 0.29) is 23.4 Å². The average molecular weight is 631 g/mol. The minimum Gasteiger partial charge on any atom is -0.504 e. The number of piperidine rings is 1. The average Bonchev–Trinajstić information content (AvgIpc) is 3.70. The molecule has 2 aliphatic rings. The number of amides is 1. The van der Waals surface area contributed by atoms with Crippen molar-refractivity contribution in [2.75, 3.05) is 18.6 Å². The summed E-state index contributed by atoms with van der Waals surface area (Å²) < 4.78 is 20.1. The molecule has 1 saturated carbocycles. The first-order valence-corrected chi connectivity index (χ1v) is 15.0. The van der Waals surface area contributed by atoms with E-state index in [1.807, 2.05) is 30.3 Å². The van der Waals surface area contributed by atoms with Gasteiger partial charge in [-0.2, -0.15) is 10.5 Å².